The number of nitrogens with one attached hydrogen (secondary N) is 1. The molecule has 7 nitrogen and oxygen atoms in total. The first-order chi connectivity index (χ1) is 13.1. The Labute approximate surface area is 156 Å². The molecule has 1 aromatic heterocycles. The highest BCUT2D eigenvalue weighted by Crippen LogP contribution is 2.18. The summed E-state index contributed by atoms with van der Waals surface area (Å²) < 4.78 is 5.90. The number of ether oxygens (including phenoxy) is 1. The number of nitrogens with zero attached hydrogens (tertiary/aromatic N) is 3. The summed E-state index contributed by atoms with van der Waals surface area (Å²) in [6.07, 6.45) is 2.80. The van der Waals surface area contributed by atoms with Crippen LogP contribution in [0, 0.1) is 17.0 Å². The van der Waals surface area contributed by atoms with Crippen molar-refractivity contribution in [3.05, 3.63) is 93.7 Å². The van der Waals surface area contributed by atoms with Crippen molar-refractivity contribution in [1.29, 1.82) is 0 Å². The van der Waals surface area contributed by atoms with Crippen molar-refractivity contribution < 1.29 is 9.66 Å². The number of aryl methyl sites for hydroxylation is 1. The lowest BCUT2D eigenvalue weighted by molar-refractivity contribution is -0.385. The highest BCUT2D eigenvalue weighted by molar-refractivity contribution is 5.83. The fourth-order valence-electron chi connectivity index (χ4n) is 2.29. The van der Waals surface area contributed by atoms with Crippen LogP contribution >= 0.6 is 0 Å². The molecule has 0 radical (unpaired) electrons. The van der Waals surface area contributed by atoms with Crippen molar-refractivity contribution in [2.24, 2.45) is 5.10 Å². The fourth-order valence-corrected chi connectivity index (χ4v) is 2.29. The van der Waals surface area contributed by atoms with Crippen LogP contribution in [0.1, 0.15) is 16.7 Å². The number of hydrogen-bond acceptors (Lipinski definition) is 6. The molecule has 0 bridgehead atoms. The smallest absolute Gasteiger partial charge is 0.287 e. The lowest BCUT2D eigenvalue weighted by atomic mass is 10.1. The summed E-state index contributed by atoms with van der Waals surface area (Å²) in [4.78, 5) is 14.1. The highest BCUT2D eigenvalue weighted by Gasteiger charge is 2.05. The Morgan fingerprint density at radius 3 is 2.63 bits per heavy atom. The van der Waals surface area contributed by atoms with E-state index in [9.17, 15) is 10.1 Å². The minimum Gasteiger partial charge on any atom is -0.488 e. The molecule has 1 N–H and O–H groups in total. The van der Waals surface area contributed by atoms with Crippen molar-refractivity contribution in [2.75, 3.05) is 5.43 Å². The lowest BCUT2D eigenvalue weighted by Gasteiger charge is -2.09. The van der Waals surface area contributed by atoms with Gasteiger partial charge in [0.05, 0.1) is 11.1 Å². The zero-order chi connectivity index (χ0) is 19.1. The number of hydrogen-bond donors (Lipinski definition) is 1. The Hall–Kier alpha value is -3.74. The summed E-state index contributed by atoms with van der Waals surface area (Å²) in [5.41, 5.74) is 5.77. The lowest BCUT2D eigenvalue weighted by Crippen LogP contribution is -1.99. The van der Waals surface area contributed by atoms with Crippen LogP contribution in [-0.4, -0.2) is 16.1 Å². The molecule has 0 atom stereocenters. The van der Waals surface area contributed by atoms with Gasteiger partial charge in [-0.2, -0.15) is 5.10 Å². The van der Waals surface area contributed by atoms with Crippen LogP contribution in [0.4, 0.5) is 11.5 Å². The molecular weight excluding hydrogens is 344 g/mol. The van der Waals surface area contributed by atoms with Gasteiger partial charge < -0.3 is 4.74 Å². The third-order valence-corrected chi connectivity index (χ3v) is 3.78. The SMILES string of the molecule is Cc1ccc(COc2ccccc2C=NNc2ccc([N+](=O)[O-])cn2)cc1. The van der Waals surface area contributed by atoms with E-state index >= 15 is 0 Å². The van der Waals surface area contributed by atoms with E-state index in [4.69, 9.17) is 4.74 Å². The quantitative estimate of drug-likeness (QED) is 0.384. The summed E-state index contributed by atoms with van der Waals surface area (Å²) in [7, 11) is 0. The highest BCUT2D eigenvalue weighted by atomic mass is 16.6. The molecule has 7 heteroatoms. The number of anilines is 1. The van der Waals surface area contributed by atoms with Gasteiger partial charge in [-0.25, -0.2) is 4.98 Å². The summed E-state index contributed by atoms with van der Waals surface area (Å²) in [6.45, 7) is 2.51. The van der Waals surface area contributed by atoms with Crippen molar-refractivity contribution in [1.82, 2.24) is 4.98 Å². The average Bonchev–Trinajstić information content (AvgIpc) is 2.69. The fraction of sp³-hybridized carbons (Fsp3) is 0.100. The van der Waals surface area contributed by atoms with Crippen LogP contribution in [0.5, 0.6) is 5.75 Å². The Morgan fingerprint density at radius 2 is 1.93 bits per heavy atom. The number of aromatic nitrogens is 1. The number of para-hydroxylation sites is 1. The van der Waals surface area contributed by atoms with Gasteiger partial charge in [0.1, 0.15) is 24.4 Å². The number of rotatable bonds is 7. The average molecular weight is 362 g/mol. The molecule has 0 amide bonds. The largest absolute Gasteiger partial charge is 0.488 e. The zero-order valence-corrected chi connectivity index (χ0v) is 14.7. The number of benzene rings is 2. The molecule has 27 heavy (non-hydrogen) atoms. The van der Waals surface area contributed by atoms with Crippen molar-refractivity contribution in [3.8, 4) is 5.75 Å². The second-order valence-corrected chi connectivity index (χ2v) is 5.84. The van der Waals surface area contributed by atoms with Crippen LogP contribution in [0.3, 0.4) is 0 Å². The Kier molecular flexibility index (Phi) is 5.73. The van der Waals surface area contributed by atoms with Crippen molar-refractivity contribution in [2.45, 2.75) is 13.5 Å². The maximum atomic E-state index is 10.6. The molecule has 3 aromatic rings. The first-order valence-corrected chi connectivity index (χ1v) is 8.29. The standard InChI is InChI=1S/C20H18N4O3/c1-15-6-8-16(9-7-15)14-27-19-5-3-2-4-17(19)12-22-23-20-11-10-18(13-21-20)24(25)26/h2-13H,14H2,1H3,(H,21,23). The van der Waals surface area contributed by atoms with E-state index in [1.54, 1.807) is 6.21 Å². The minimum atomic E-state index is -0.498. The molecule has 0 saturated carbocycles. The van der Waals surface area contributed by atoms with Gasteiger partial charge in [0.25, 0.3) is 5.69 Å². The van der Waals surface area contributed by atoms with Gasteiger partial charge in [0.15, 0.2) is 0 Å². The van der Waals surface area contributed by atoms with E-state index in [1.165, 1.54) is 23.9 Å². The monoisotopic (exact) mass is 362 g/mol. The molecule has 0 fully saturated rings. The third kappa shape index (κ3) is 5.12. The molecule has 0 saturated heterocycles. The van der Waals surface area contributed by atoms with Gasteiger partial charge >= 0.3 is 0 Å². The zero-order valence-electron chi connectivity index (χ0n) is 14.7. The van der Waals surface area contributed by atoms with Gasteiger partial charge in [-0.1, -0.05) is 42.0 Å². The molecule has 136 valence electrons. The number of nitro groups is 1. The Morgan fingerprint density at radius 1 is 1.15 bits per heavy atom. The van der Waals surface area contributed by atoms with E-state index in [-0.39, 0.29) is 5.69 Å². The summed E-state index contributed by atoms with van der Waals surface area (Å²) >= 11 is 0. The summed E-state index contributed by atoms with van der Waals surface area (Å²) in [5.74, 6) is 1.12. The topological polar surface area (TPSA) is 89.6 Å². The molecule has 0 spiro atoms. The van der Waals surface area contributed by atoms with Crippen LogP contribution in [0.25, 0.3) is 0 Å². The summed E-state index contributed by atoms with van der Waals surface area (Å²) in [6, 6.07) is 18.6. The van der Waals surface area contributed by atoms with E-state index in [0.29, 0.717) is 18.2 Å². The Bertz CT molecular complexity index is 938. The third-order valence-electron chi connectivity index (χ3n) is 3.78. The minimum absolute atomic E-state index is 0.0700. The van der Waals surface area contributed by atoms with E-state index in [2.05, 4.69) is 15.5 Å². The van der Waals surface area contributed by atoms with Crippen LogP contribution < -0.4 is 10.2 Å². The molecule has 0 unspecified atom stereocenters. The molecule has 2 aromatic carbocycles. The van der Waals surface area contributed by atoms with Crippen molar-refractivity contribution >= 4 is 17.7 Å². The first-order valence-electron chi connectivity index (χ1n) is 8.29. The van der Waals surface area contributed by atoms with E-state index in [1.807, 2.05) is 55.5 Å². The number of hydrazone groups is 1. The van der Waals surface area contributed by atoms with Gasteiger partial charge in [0, 0.05) is 11.6 Å². The van der Waals surface area contributed by atoms with Crippen LogP contribution in [0.2, 0.25) is 0 Å². The van der Waals surface area contributed by atoms with Gasteiger partial charge in [-0.3, -0.25) is 15.5 Å². The second kappa shape index (κ2) is 8.57. The molecule has 0 aliphatic carbocycles. The van der Waals surface area contributed by atoms with Gasteiger partial charge in [-0.05, 0) is 30.7 Å². The predicted molar refractivity (Wildman–Crippen MR) is 104 cm³/mol. The molecular formula is C20H18N4O3. The molecule has 0 aliphatic rings. The normalized spacial score (nSPS) is 10.7. The maximum absolute atomic E-state index is 10.6. The second-order valence-electron chi connectivity index (χ2n) is 5.84. The van der Waals surface area contributed by atoms with Crippen LogP contribution in [0.15, 0.2) is 72.0 Å². The summed E-state index contributed by atoms with van der Waals surface area (Å²) in [5, 5.41) is 14.8. The van der Waals surface area contributed by atoms with Gasteiger partial charge in [-0.15, -0.1) is 0 Å². The molecule has 3 rings (SSSR count). The molecule has 0 aliphatic heterocycles. The van der Waals surface area contributed by atoms with Crippen LogP contribution in [-0.2, 0) is 6.61 Å². The number of pyridine rings is 1. The molecule has 1 heterocycles. The first kappa shape index (κ1) is 18.1. The van der Waals surface area contributed by atoms with E-state index < -0.39 is 4.92 Å². The predicted octanol–water partition coefficient (Wildman–Crippen LogP) is 4.32. The van der Waals surface area contributed by atoms with E-state index in [0.717, 1.165) is 11.1 Å². The van der Waals surface area contributed by atoms with Gasteiger partial charge in [0.2, 0.25) is 0 Å². The van der Waals surface area contributed by atoms with Crippen molar-refractivity contribution in [3.63, 3.8) is 0 Å². The Balaban J connectivity index is 1.63. The maximum Gasteiger partial charge on any atom is 0.287 e.